The van der Waals surface area contributed by atoms with E-state index in [4.69, 9.17) is 37.9 Å². The van der Waals surface area contributed by atoms with Gasteiger partial charge in [0.25, 0.3) is 0 Å². The van der Waals surface area contributed by atoms with E-state index in [1.807, 2.05) is 43.4 Å². The van der Waals surface area contributed by atoms with E-state index in [2.05, 4.69) is 43.1 Å². The van der Waals surface area contributed by atoms with Gasteiger partial charge in [0.05, 0.1) is 39.6 Å². The summed E-state index contributed by atoms with van der Waals surface area (Å²) in [4.78, 5) is 37.3. The Morgan fingerprint density at radius 1 is 0.880 bits per heavy atom. The zero-order chi connectivity index (χ0) is 34.8. The highest BCUT2D eigenvalue weighted by atomic mass is 35.5. The second-order valence-electron chi connectivity index (χ2n) is 12.8. The molecule has 4 aromatic heterocycles. The molecular formula is C37H38Cl2N8O3. The SMILES string of the molecule is COc1nc(-c2cccc(-c3ccnc(-c4cnc5c(CNC[C@@H]6CCC(=O)N6)cn(C)c5c4)c3Cl)c2Cl)ccc1CNC[C@@H]1CCC(=O)N1. The molecule has 2 aliphatic rings. The third kappa shape index (κ3) is 7.04. The molecule has 0 bridgehead atoms. The molecule has 0 aliphatic carbocycles. The number of ether oxygens (including phenoxy) is 1. The van der Waals surface area contributed by atoms with E-state index in [1.54, 1.807) is 19.5 Å². The normalized spacial score (nSPS) is 17.4. The molecule has 0 saturated carbocycles. The third-order valence-electron chi connectivity index (χ3n) is 9.34. The summed E-state index contributed by atoms with van der Waals surface area (Å²) in [7, 11) is 3.59. The van der Waals surface area contributed by atoms with Gasteiger partial charge in [0.1, 0.15) is 0 Å². The van der Waals surface area contributed by atoms with Gasteiger partial charge < -0.3 is 30.6 Å². The number of nitrogens with zero attached hydrogens (tertiary/aromatic N) is 4. The van der Waals surface area contributed by atoms with Crippen LogP contribution in [0.15, 0.2) is 61.1 Å². The maximum atomic E-state index is 11.5. The van der Waals surface area contributed by atoms with Crippen molar-refractivity contribution in [1.82, 2.24) is 40.8 Å². The minimum absolute atomic E-state index is 0.0987. The van der Waals surface area contributed by atoms with E-state index in [-0.39, 0.29) is 23.9 Å². The monoisotopic (exact) mass is 712 g/mol. The topological polar surface area (TPSA) is 135 Å². The second-order valence-corrected chi connectivity index (χ2v) is 13.5. The number of carbonyl (C=O) groups is 2. The number of aromatic nitrogens is 4. The van der Waals surface area contributed by atoms with E-state index in [0.29, 0.717) is 66.3 Å². The fraction of sp³-hybridized carbons (Fsp3) is 0.324. The second kappa shape index (κ2) is 14.7. The number of nitrogens with one attached hydrogen (secondary N) is 4. The molecule has 2 saturated heterocycles. The lowest BCUT2D eigenvalue weighted by Crippen LogP contribution is -2.35. The Kier molecular flexibility index (Phi) is 10.0. The van der Waals surface area contributed by atoms with Gasteiger partial charge >= 0.3 is 0 Å². The smallest absolute Gasteiger partial charge is 0.220 e. The number of aryl methyl sites for hydroxylation is 1. The first-order valence-electron chi connectivity index (χ1n) is 16.7. The van der Waals surface area contributed by atoms with Crippen molar-refractivity contribution in [3.63, 3.8) is 0 Å². The minimum atomic E-state index is 0.0987. The molecule has 0 spiro atoms. The lowest BCUT2D eigenvalue weighted by atomic mass is 9.99. The van der Waals surface area contributed by atoms with Crippen LogP contribution in [0.5, 0.6) is 5.88 Å². The highest BCUT2D eigenvalue weighted by molar-refractivity contribution is 6.39. The molecule has 5 aromatic rings. The van der Waals surface area contributed by atoms with Crippen molar-refractivity contribution < 1.29 is 14.3 Å². The van der Waals surface area contributed by atoms with Gasteiger partial charge in [-0.15, -0.1) is 0 Å². The Bertz CT molecular complexity index is 2080. The number of benzene rings is 1. The first-order chi connectivity index (χ1) is 24.3. The summed E-state index contributed by atoms with van der Waals surface area (Å²) < 4.78 is 7.70. The van der Waals surface area contributed by atoms with E-state index < -0.39 is 0 Å². The Morgan fingerprint density at radius 3 is 2.24 bits per heavy atom. The van der Waals surface area contributed by atoms with Crippen LogP contribution in [0.25, 0.3) is 44.7 Å². The molecule has 1 aromatic carbocycles. The van der Waals surface area contributed by atoms with Crippen molar-refractivity contribution in [2.75, 3.05) is 20.2 Å². The number of fused-ring (bicyclic) bond motifs is 1. The molecule has 50 heavy (non-hydrogen) atoms. The Balaban J connectivity index is 1.11. The predicted octanol–water partition coefficient (Wildman–Crippen LogP) is 5.42. The number of halogens is 2. The summed E-state index contributed by atoms with van der Waals surface area (Å²) in [5.74, 6) is 0.714. The van der Waals surface area contributed by atoms with Gasteiger partial charge in [-0.25, -0.2) is 4.98 Å². The molecule has 6 heterocycles. The summed E-state index contributed by atoms with van der Waals surface area (Å²) in [5.41, 5.74) is 8.13. The van der Waals surface area contributed by atoms with Crippen LogP contribution in [0, 0.1) is 0 Å². The van der Waals surface area contributed by atoms with Crippen LogP contribution in [0.4, 0.5) is 0 Å². The van der Waals surface area contributed by atoms with Crippen molar-refractivity contribution in [1.29, 1.82) is 0 Å². The van der Waals surface area contributed by atoms with E-state index in [1.165, 1.54) is 0 Å². The standard InChI is InChI=1S/C37H38Cl2N8O3/c1-47-20-23(16-41-19-25-8-11-32(49)45-25)35-30(47)14-22(17-43-35)36-34(39)27(12-13-42-36)26-4-3-5-28(33(26)38)29-9-6-21(37(46-29)50-2)15-40-18-24-7-10-31(48)44-24/h3-6,9,12-14,17,20,24-25,40-41H,7-8,10-11,15-16,18-19H2,1-2H3,(H,44,48)(H,45,49)/t24-,25-/m0/s1. The molecule has 0 radical (unpaired) electrons. The summed E-state index contributed by atoms with van der Waals surface area (Å²) in [6.07, 6.45) is 8.45. The van der Waals surface area contributed by atoms with Crippen LogP contribution in [0.1, 0.15) is 36.8 Å². The lowest BCUT2D eigenvalue weighted by Gasteiger charge is -2.15. The van der Waals surface area contributed by atoms with Gasteiger partial charge in [0.2, 0.25) is 17.7 Å². The van der Waals surface area contributed by atoms with Gasteiger partial charge in [-0.05, 0) is 31.0 Å². The first-order valence-corrected chi connectivity index (χ1v) is 17.5. The highest BCUT2D eigenvalue weighted by Gasteiger charge is 2.22. The Labute approximate surface area is 300 Å². The molecule has 2 fully saturated rings. The van der Waals surface area contributed by atoms with Crippen LogP contribution in [-0.4, -0.2) is 63.6 Å². The van der Waals surface area contributed by atoms with Crippen LogP contribution in [0.3, 0.4) is 0 Å². The molecule has 258 valence electrons. The summed E-state index contributed by atoms with van der Waals surface area (Å²) in [6, 6.07) is 13.9. The van der Waals surface area contributed by atoms with Gasteiger partial charge in [-0.1, -0.05) is 47.5 Å². The summed E-state index contributed by atoms with van der Waals surface area (Å²) in [6.45, 7) is 2.58. The molecule has 2 atom stereocenters. The van der Waals surface area contributed by atoms with Crippen molar-refractivity contribution in [3.05, 3.63) is 82.2 Å². The van der Waals surface area contributed by atoms with Crippen LogP contribution < -0.4 is 26.0 Å². The number of rotatable bonds is 12. The average molecular weight is 714 g/mol. The van der Waals surface area contributed by atoms with Crippen molar-refractivity contribution in [3.8, 4) is 39.5 Å². The van der Waals surface area contributed by atoms with Gasteiger partial charge in [0, 0.05) is 110 Å². The summed E-state index contributed by atoms with van der Waals surface area (Å²) >= 11 is 14.2. The predicted molar refractivity (Wildman–Crippen MR) is 195 cm³/mol. The fourth-order valence-corrected chi connectivity index (χ4v) is 7.38. The van der Waals surface area contributed by atoms with Crippen molar-refractivity contribution in [2.45, 2.75) is 50.9 Å². The maximum Gasteiger partial charge on any atom is 0.220 e. The van der Waals surface area contributed by atoms with Crippen LogP contribution >= 0.6 is 23.2 Å². The molecule has 7 rings (SSSR count). The Hall–Kier alpha value is -4.55. The molecule has 2 amide bonds. The largest absolute Gasteiger partial charge is 0.481 e. The minimum Gasteiger partial charge on any atom is -0.481 e. The third-order valence-corrected chi connectivity index (χ3v) is 10.1. The number of hydrogen-bond donors (Lipinski definition) is 4. The van der Waals surface area contributed by atoms with E-state index >= 15 is 0 Å². The van der Waals surface area contributed by atoms with Gasteiger partial charge in [-0.3, -0.25) is 19.6 Å². The summed E-state index contributed by atoms with van der Waals surface area (Å²) in [5, 5.41) is 13.8. The molecule has 4 N–H and O–H groups in total. The van der Waals surface area contributed by atoms with Crippen LogP contribution in [0.2, 0.25) is 10.0 Å². The molecule has 13 heteroatoms. The number of hydrogen-bond acceptors (Lipinski definition) is 8. The molecule has 11 nitrogen and oxygen atoms in total. The number of amides is 2. The number of carbonyl (C=O) groups excluding carboxylic acids is 2. The quantitative estimate of drug-likeness (QED) is 0.135. The van der Waals surface area contributed by atoms with Crippen molar-refractivity contribution >= 4 is 46.0 Å². The van der Waals surface area contributed by atoms with E-state index in [0.717, 1.165) is 57.3 Å². The number of pyridine rings is 3. The lowest BCUT2D eigenvalue weighted by molar-refractivity contribution is -0.120. The fourth-order valence-electron chi connectivity index (χ4n) is 6.74. The first kappa shape index (κ1) is 33.9. The van der Waals surface area contributed by atoms with Crippen LogP contribution in [-0.2, 0) is 29.7 Å². The molecular weight excluding hydrogens is 675 g/mol. The zero-order valence-electron chi connectivity index (χ0n) is 27.9. The Morgan fingerprint density at radius 2 is 1.56 bits per heavy atom. The molecule has 2 aliphatic heterocycles. The average Bonchev–Trinajstić information content (AvgIpc) is 3.83. The van der Waals surface area contributed by atoms with Crippen molar-refractivity contribution in [2.24, 2.45) is 7.05 Å². The van der Waals surface area contributed by atoms with E-state index in [9.17, 15) is 9.59 Å². The molecule has 0 unspecified atom stereocenters. The maximum absolute atomic E-state index is 11.5. The van der Waals surface area contributed by atoms with Gasteiger partial charge in [-0.2, -0.15) is 0 Å². The highest BCUT2D eigenvalue weighted by Crippen LogP contribution is 2.42. The van der Waals surface area contributed by atoms with Gasteiger partial charge in [0.15, 0.2) is 0 Å². The zero-order valence-corrected chi connectivity index (χ0v) is 29.4. The number of methoxy groups -OCH3 is 1.